The highest BCUT2D eigenvalue weighted by molar-refractivity contribution is 6.04. The zero-order valence-electron chi connectivity index (χ0n) is 21.7. The van der Waals surface area contributed by atoms with E-state index in [1.807, 2.05) is 24.6 Å². The number of nitrogens with one attached hydrogen (secondary N) is 2. The molecule has 2 heterocycles. The van der Waals surface area contributed by atoms with Crippen molar-refractivity contribution in [3.8, 4) is 0 Å². The van der Waals surface area contributed by atoms with E-state index in [9.17, 15) is 14.4 Å². The first-order valence-electron chi connectivity index (χ1n) is 12.7. The van der Waals surface area contributed by atoms with Gasteiger partial charge in [-0.25, -0.2) is 9.78 Å². The van der Waals surface area contributed by atoms with Crippen molar-refractivity contribution in [1.29, 1.82) is 0 Å². The number of fused-ring (bicyclic) bond motifs is 2. The van der Waals surface area contributed by atoms with E-state index in [0.717, 1.165) is 41.9 Å². The molecule has 0 saturated heterocycles. The number of esters is 1. The Kier molecular flexibility index (Phi) is 6.01. The van der Waals surface area contributed by atoms with Crippen molar-refractivity contribution in [2.45, 2.75) is 65.3 Å². The summed E-state index contributed by atoms with van der Waals surface area (Å²) in [6.07, 6.45) is 5.45. The number of imidazole rings is 1. The number of aromatic amines is 1. The lowest BCUT2D eigenvalue weighted by Crippen LogP contribution is -2.31. The molecule has 0 aliphatic heterocycles. The van der Waals surface area contributed by atoms with E-state index >= 15 is 0 Å². The summed E-state index contributed by atoms with van der Waals surface area (Å²) >= 11 is 0. The monoisotopic (exact) mass is 490 g/mol. The Morgan fingerprint density at radius 1 is 1.28 bits per heavy atom. The minimum Gasteiger partial charge on any atom is -0.465 e. The lowest BCUT2D eigenvalue weighted by atomic mass is 9.75. The number of nitrogens with zero attached hydrogens (tertiary/aromatic N) is 2. The summed E-state index contributed by atoms with van der Waals surface area (Å²) in [6.45, 7) is 6.01. The number of aromatic nitrogens is 3. The third kappa shape index (κ3) is 4.45. The fourth-order valence-electron chi connectivity index (χ4n) is 5.54. The smallest absolute Gasteiger partial charge is 0.337 e. The molecule has 1 unspecified atom stereocenters. The average molecular weight is 491 g/mol. The third-order valence-electron chi connectivity index (χ3n) is 7.64. The summed E-state index contributed by atoms with van der Waals surface area (Å²) in [6, 6.07) is 5.00. The SMILES string of the molecule is COC(=O)c1ccc2c(c1)nc(C(CCC1CC1)NC(=O)c1[nH]c3c(c1C)C(=O)CC(C)(C)C3)n2C. The minimum absolute atomic E-state index is 0.0936. The number of ether oxygens (including phenoxy) is 1. The van der Waals surface area contributed by atoms with Crippen molar-refractivity contribution >= 4 is 28.7 Å². The number of rotatable bonds is 7. The van der Waals surface area contributed by atoms with Crippen LogP contribution in [0.3, 0.4) is 0 Å². The van der Waals surface area contributed by atoms with E-state index in [2.05, 4.69) is 24.1 Å². The lowest BCUT2D eigenvalue weighted by Gasteiger charge is -2.28. The van der Waals surface area contributed by atoms with Gasteiger partial charge in [0.15, 0.2) is 5.78 Å². The topological polar surface area (TPSA) is 106 Å². The predicted molar refractivity (Wildman–Crippen MR) is 136 cm³/mol. The molecule has 5 rings (SSSR count). The van der Waals surface area contributed by atoms with Gasteiger partial charge in [0, 0.05) is 24.7 Å². The van der Waals surface area contributed by atoms with Crippen LogP contribution in [0, 0.1) is 18.3 Å². The number of amides is 1. The van der Waals surface area contributed by atoms with E-state index in [4.69, 9.17) is 9.72 Å². The molecule has 36 heavy (non-hydrogen) atoms. The van der Waals surface area contributed by atoms with Crippen molar-refractivity contribution in [3.63, 3.8) is 0 Å². The standard InChI is InChI=1S/C28H34N4O4/c1-15-23-20(13-28(2,3)14-22(23)33)29-24(15)26(34)31-18(10-8-16-6-7-16)25-30-19-12-17(27(35)36-5)9-11-21(19)32(25)4/h9,11-12,16,18,29H,6-8,10,13-14H2,1-5H3,(H,31,34). The molecule has 0 radical (unpaired) electrons. The van der Waals surface area contributed by atoms with Crippen LogP contribution in [0.25, 0.3) is 11.0 Å². The number of benzene rings is 1. The minimum atomic E-state index is -0.411. The van der Waals surface area contributed by atoms with Gasteiger partial charge in [-0.05, 0) is 61.3 Å². The highest BCUT2D eigenvalue weighted by Gasteiger charge is 2.36. The van der Waals surface area contributed by atoms with Gasteiger partial charge in [0.2, 0.25) is 0 Å². The molecule has 2 aliphatic carbocycles. The van der Waals surface area contributed by atoms with Crippen molar-refractivity contribution in [1.82, 2.24) is 19.9 Å². The van der Waals surface area contributed by atoms with Gasteiger partial charge < -0.3 is 19.6 Å². The largest absolute Gasteiger partial charge is 0.465 e. The molecule has 0 bridgehead atoms. The van der Waals surface area contributed by atoms with Gasteiger partial charge in [-0.15, -0.1) is 0 Å². The van der Waals surface area contributed by atoms with E-state index in [1.54, 1.807) is 12.1 Å². The first-order chi connectivity index (χ1) is 17.1. The molecule has 3 aromatic rings. The molecule has 2 N–H and O–H groups in total. The van der Waals surface area contributed by atoms with Crippen LogP contribution in [0.5, 0.6) is 0 Å². The Labute approximate surface area is 210 Å². The average Bonchev–Trinajstić information content (AvgIpc) is 3.52. The fraction of sp³-hybridized carbons (Fsp3) is 0.500. The molecular weight excluding hydrogens is 456 g/mol. The van der Waals surface area contributed by atoms with E-state index < -0.39 is 5.97 Å². The zero-order chi connectivity index (χ0) is 25.8. The number of H-pyrrole nitrogens is 1. The summed E-state index contributed by atoms with van der Waals surface area (Å²) in [5.74, 6) is 0.898. The normalized spacial score (nSPS) is 17.6. The molecule has 0 spiro atoms. The highest BCUT2D eigenvalue weighted by Crippen LogP contribution is 2.38. The van der Waals surface area contributed by atoms with Crippen LogP contribution in [0.4, 0.5) is 0 Å². The van der Waals surface area contributed by atoms with Gasteiger partial charge in [-0.3, -0.25) is 9.59 Å². The summed E-state index contributed by atoms with van der Waals surface area (Å²) in [5, 5.41) is 3.21. The number of ketones is 1. The van der Waals surface area contributed by atoms with Crippen molar-refractivity contribution in [3.05, 3.63) is 52.1 Å². The Hall–Kier alpha value is -3.42. The number of aryl methyl sites for hydroxylation is 1. The highest BCUT2D eigenvalue weighted by atomic mass is 16.5. The molecule has 1 aromatic carbocycles. The maximum atomic E-state index is 13.6. The quantitative estimate of drug-likeness (QED) is 0.462. The van der Waals surface area contributed by atoms with E-state index in [-0.39, 0.29) is 23.1 Å². The van der Waals surface area contributed by atoms with Gasteiger partial charge in [0.25, 0.3) is 5.91 Å². The first kappa shape index (κ1) is 24.3. The molecular formula is C28H34N4O4. The summed E-state index contributed by atoms with van der Waals surface area (Å²) in [7, 11) is 3.28. The van der Waals surface area contributed by atoms with Gasteiger partial charge in [0.05, 0.1) is 29.7 Å². The first-order valence-corrected chi connectivity index (χ1v) is 12.7. The van der Waals surface area contributed by atoms with Gasteiger partial charge in [0.1, 0.15) is 11.5 Å². The Morgan fingerprint density at radius 2 is 2.03 bits per heavy atom. The molecule has 8 heteroatoms. The van der Waals surface area contributed by atoms with E-state index in [0.29, 0.717) is 34.7 Å². The van der Waals surface area contributed by atoms with Gasteiger partial charge in [-0.1, -0.05) is 26.7 Å². The second-order valence-corrected chi connectivity index (χ2v) is 11.2. The number of methoxy groups -OCH3 is 1. The number of carbonyl (C=O) groups is 3. The van der Waals surface area contributed by atoms with Gasteiger partial charge in [-0.2, -0.15) is 0 Å². The van der Waals surface area contributed by atoms with E-state index in [1.165, 1.54) is 20.0 Å². The van der Waals surface area contributed by atoms with Crippen LogP contribution in [0.1, 0.15) is 100 Å². The third-order valence-corrected chi connectivity index (χ3v) is 7.64. The van der Waals surface area contributed by atoms with Crippen LogP contribution >= 0.6 is 0 Å². The molecule has 190 valence electrons. The molecule has 1 amide bonds. The second kappa shape index (κ2) is 8.91. The number of Topliss-reactive ketones (excluding diaryl/α,β-unsaturated/α-hetero) is 1. The van der Waals surface area contributed by atoms with Gasteiger partial charge >= 0.3 is 5.97 Å². The maximum absolute atomic E-state index is 13.6. The molecule has 1 saturated carbocycles. The number of hydrogen-bond donors (Lipinski definition) is 2. The zero-order valence-corrected chi connectivity index (χ0v) is 21.7. The molecule has 8 nitrogen and oxygen atoms in total. The Morgan fingerprint density at radius 3 is 2.72 bits per heavy atom. The van der Waals surface area contributed by atoms with Crippen LogP contribution in [0.15, 0.2) is 18.2 Å². The molecule has 2 aliphatic rings. The molecule has 2 aromatic heterocycles. The number of carbonyl (C=O) groups excluding carboxylic acids is 3. The van der Waals surface area contributed by atoms with Crippen molar-refractivity contribution < 1.29 is 19.1 Å². The molecule has 1 atom stereocenters. The molecule has 1 fully saturated rings. The maximum Gasteiger partial charge on any atom is 0.337 e. The van der Waals surface area contributed by atoms with Crippen molar-refractivity contribution in [2.75, 3.05) is 7.11 Å². The lowest BCUT2D eigenvalue weighted by molar-refractivity contribution is 0.0600. The van der Waals surface area contributed by atoms with Crippen LogP contribution in [-0.2, 0) is 18.2 Å². The Balaban J connectivity index is 1.47. The summed E-state index contributed by atoms with van der Waals surface area (Å²) < 4.78 is 6.83. The second-order valence-electron chi connectivity index (χ2n) is 11.2. The number of hydrogen-bond acceptors (Lipinski definition) is 5. The predicted octanol–water partition coefficient (Wildman–Crippen LogP) is 4.81. The van der Waals surface area contributed by atoms with Crippen LogP contribution in [0.2, 0.25) is 0 Å². The fourth-order valence-corrected chi connectivity index (χ4v) is 5.54. The van der Waals surface area contributed by atoms with Crippen molar-refractivity contribution in [2.24, 2.45) is 18.4 Å². The Bertz CT molecular complexity index is 1380. The van der Waals surface area contributed by atoms with Crippen LogP contribution in [-0.4, -0.2) is 39.3 Å². The summed E-state index contributed by atoms with van der Waals surface area (Å²) in [5.41, 5.74) is 4.57. The summed E-state index contributed by atoms with van der Waals surface area (Å²) in [4.78, 5) is 46.5. The van der Waals surface area contributed by atoms with Crippen LogP contribution < -0.4 is 5.32 Å².